The molecule has 1 aromatic heterocycles. The van der Waals surface area contributed by atoms with Gasteiger partial charge in [-0.15, -0.1) is 11.8 Å². The van der Waals surface area contributed by atoms with Crippen LogP contribution in [0.15, 0.2) is 53.4 Å². The molecule has 3 aromatic rings. The minimum atomic E-state index is 0.0743. The number of thioether (sulfide) groups is 1. The normalized spacial score (nSPS) is 11.2. The first-order valence-corrected chi connectivity index (χ1v) is 10.5. The Morgan fingerprint density at radius 1 is 1.19 bits per heavy atom. The number of anilines is 1. The molecule has 0 unspecified atom stereocenters. The zero-order valence-corrected chi connectivity index (χ0v) is 17.1. The van der Waals surface area contributed by atoms with Crippen molar-refractivity contribution in [2.45, 2.75) is 4.90 Å². The highest BCUT2D eigenvalue weighted by Crippen LogP contribution is 2.29. The van der Waals surface area contributed by atoms with Gasteiger partial charge in [0.05, 0.1) is 43.2 Å². The van der Waals surface area contributed by atoms with Gasteiger partial charge in [-0.1, -0.05) is 35.1 Å². The number of para-hydroxylation sites is 1. The van der Waals surface area contributed by atoms with Crippen LogP contribution in [0.1, 0.15) is 0 Å². The number of nitrogens with one attached hydrogen (secondary N) is 1. The lowest BCUT2D eigenvalue weighted by atomic mass is 10.3. The summed E-state index contributed by atoms with van der Waals surface area (Å²) >= 11 is 9.01. The lowest BCUT2D eigenvalue weighted by Gasteiger charge is -2.20. The average molecular weight is 407 g/mol. The van der Waals surface area contributed by atoms with Gasteiger partial charge in [0, 0.05) is 9.92 Å². The van der Waals surface area contributed by atoms with Crippen LogP contribution in [0.2, 0.25) is 5.02 Å². The number of amides is 1. The highest BCUT2D eigenvalue weighted by atomic mass is 35.5. The number of aromatic nitrogens is 1. The number of fused-ring (bicyclic) bond motifs is 1. The minimum Gasteiger partial charge on any atom is -0.338 e. The highest BCUT2D eigenvalue weighted by Gasteiger charge is 2.20. The highest BCUT2D eigenvalue weighted by molar-refractivity contribution is 8.00. The van der Waals surface area contributed by atoms with Gasteiger partial charge in [0.2, 0.25) is 5.91 Å². The van der Waals surface area contributed by atoms with Crippen LogP contribution in [0.25, 0.3) is 10.2 Å². The maximum Gasteiger partial charge on any atom is 0.239 e. The van der Waals surface area contributed by atoms with Crippen LogP contribution < -0.4 is 9.80 Å². The van der Waals surface area contributed by atoms with Gasteiger partial charge in [-0.05, 0) is 36.4 Å². The second kappa shape index (κ2) is 8.86. The minimum absolute atomic E-state index is 0.0743. The number of hydrogen-bond donors (Lipinski definition) is 1. The summed E-state index contributed by atoms with van der Waals surface area (Å²) in [4.78, 5) is 21.7. The molecule has 0 aliphatic rings. The zero-order valence-electron chi connectivity index (χ0n) is 14.7. The summed E-state index contributed by atoms with van der Waals surface area (Å²) < 4.78 is 1.10. The van der Waals surface area contributed by atoms with E-state index in [1.54, 1.807) is 11.3 Å². The van der Waals surface area contributed by atoms with Crippen molar-refractivity contribution >= 4 is 56.0 Å². The second-order valence-corrected chi connectivity index (χ2v) is 8.70. The van der Waals surface area contributed by atoms with Crippen molar-refractivity contribution in [3.8, 4) is 0 Å². The Hall–Kier alpha value is -1.60. The summed E-state index contributed by atoms with van der Waals surface area (Å²) in [6, 6.07) is 15.5. The average Bonchev–Trinajstić information content (AvgIpc) is 3.05. The summed E-state index contributed by atoms with van der Waals surface area (Å²) in [7, 11) is 4.17. The molecule has 0 radical (unpaired) electrons. The molecule has 1 amide bonds. The van der Waals surface area contributed by atoms with Gasteiger partial charge < -0.3 is 4.90 Å². The van der Waals surface area contributed by atoms with E-state index in [1.807, 2.05) is 53.4 Å². The number of quaternary nitrogens is 1. The van der Waals surface area contributed by atoms with Crippen molar-refractivity contribution in [1.82, 2.24) is 4.98 Å². The van der Waals surface area contributed by atoms with Crippen molar-refractivity contribution in [2.24, 2.45) is 0 Å². The molecular formula is C19H21ClN3OS2+. The number of nitrogens with zero attached hydrogens (tertiary/aromatic N) is 2. The van der Waals surface area contributed by atoms with Gasteiger partial charge in [0.1, 0.15) is 0 Å². The number of carbonyl (C=O) groups excluding carboxylic acids is 1. The van der Waals surface area contributed by atoms with Crippen LogP contribution in [-0.2, 0) is 4.79 Å². The third kappa shape index (κ3) is 4.98. The van der Waals surface area contributed by atoms with Crippen LogP contribution in [0.3, 0.4) is 0 Å². The van der Waals surface area contributed by atoms with Crippen molar-refractivity contribution in [1.29, 1.82) is 0 Å². The number of likely N-dealkylation sites (N-methyl/N-ethyl adjacent to an activating group) is 1. The monoisotopic (exact) mass is 406 g/mol. The van der Waals surface area contributed by atoms with Crippen molar-refractivity contribution in [3.63, 3.8) is 0 Å². The molecule has 4 nitrogen and oxygen atoms in total. The predicted octanol–water partition coefficient (Wildman–Crippen LogP) is 3.22. The molecule has 2 aromatic carbocycles. The third-order valence-corrected chi connectivity index (χ3v) is 6.13. The Bertz CT molecular complexity index is 847. The number of halogens is 1. The van der Waals surface area contributed by atoms with E-state index in [4.69, 9.17) is 11.6 Å². The first-order valence-electron chi connectivity index (χ1n) is 8.36. The van der Waals surface area contributed by atoms with Crippen LogP contribution in [0.4, 0.5) is 5.13 Å². The number of hydrogen-bond acceptors (Lipinski definition) is 4. The molecule has 0 aliphatic carbocycles. The fourth-order valence-corrected chi connectivity index (χ4v) is 4.30. The summed E-state index contributed by atoms with van der Waals surface area (Å²) in [5, 5.41) is 1.47. The molecule has 0 spiro atoms. The van der Waals surface area contributed by atoms with Crippen LogP contribution in [-0.4, -0.2) is 43.8 Å². The summed E-state index contributed by atoms with van der Waals surface area (Å²) in [6.07, 6.45) is 0. The van der Waals surface area contributed by atoms with Crippen LogP contribution in [0, 0.1) is 0 Å². The van der Waals surface area contributed by atoms with Gasteiger partial charge in [-0.25, -0.2) is 4.98 Å². The third-order valence-electron chi connectivity index (χ3n) is 3.83. The molecule has 0 aliphatic heterocycles. The van der Waals surface area contributed by atoms with Crippen LogP contribution >= 0.6 is 34.7 Å². The Morgan fingerprint density at radius 3 is 2.62 bits per heavy atom. The van der Waals surface area contributed by atoms with E-state index in [2.05, 4.69) is 19.1 Å². The summed E-state index contributed by atoms with van der Waals surface area (Å²) in [5.74, 6) is 0.450. The Balaban J connectivity index is 1.75. The van der Waals surface area contributed by atoms with Crippen molar-refractivity contribution in [3.05, 3.63) is 53.6 Å². The number of carbonyl (C=O) groups is 1. The first kappa shape index (κ1) is 19.2. The first-order chi connectivity index (χ1) is 12.5. The van der Waals surface area contributed by atoms with E-state index in [0.29, 0.717) is 17.3 Å². The molecule has 26 heavy (non-hydrogen) atoms. The summed E-state index contributed by atoms with van der Waals surface area (Å²) in [6.45, 7) is 1.52. The molecule has 3 rings (SSSR count). The van der Waals surface area contributed by atoms with E-state index in [9.17, 15) is 4.79 Å². The molecule has 0 atom stereocenters. The maximum absolute atomic E-state index is 12.9. The molecule has 1 N–H and O–H groups in total. The van der Waals surface area contributed by atoms with Gasteiger partial charge in [0.25, 0.3) is 0 Å². The molecule has 7 heteroatoms. The molecule has 1 heterocycles. The lowest BCUT2D eigenvalue weighted by molar-refractivity contribution is -0.856. The van der Waals surface area contributed by atoms with E-state index < -0.39 is 0 Å². The van der Waals surface area contributed by atoms with E-state index in [0.717, 1.165) is 26.8 Å². The molecule has 0 bridgehead atoms. The van der Waals surface area contributed by atoms with Gasteiger partial charge >= 0.3 is 0 Å². The van der Waals surface area contributed by atoms with Crippen molar-refractivity contribution < 1.29 is 9.69 Å². The maximum atomic E-state index is 12.9. The van der Waals surface area contributed by atoms with E-state index in [-0.39, 0.29) is 5.91 Å². The second-order valence-electron chi connectivity index (χ2n) is 6.21. The molecule has 136 valence electrons. The smallest absolute Gasteiger partial charge is 0.239 e. The SMILES string of the molecule is C[NH+](C)CCN(C(=O)CSc1ccc(Cl)cc1)c1nc2ccccc2s1. The molecule has 0 fully saturated rings. The van der Waals surface area contributed by atoms with Crippen LogP contribution in [0.5, 0.6) is 0 Å². The largest absolute Gasteiger partial charge is 0.338 e. The lowest BCUT2D eigenvalue weighted by Crippen LogP contribution is -3.06. The van der Waals surface area contributed by atoms with Gasteiger partial charge in [-0.2, -0.15) is 0 Å². The number of thiazole rings is 1. The van der Waals surface area contributed by atoms with Gasteiger partial charge in [0.15, 0.2) is 5.13 Å². The topological polar surface area (TPSA) is 37.6 Å². The molecule has 0 saturated heterocycles. The zero-order chi connectivity index (χ0) is 18.5. The van der Waals surface area contributed by atoms with Crippen molar-refractivity contribution in [2.75, 3.05) is 37.8 Å². The van der Waals surface area contributed by atoms with Gasteiger partial charge in [-0.3, -0.25) is 9.69 Å². The Labute approximate surface area is 166 Å². The Kier molecular flexibility index (Phi) is 6.53. The van der Waals surface area contributed by atoms with E-state index >= 15 is 0 Å². The molecular weight excluding hydrogens is 386 g/mol. The number of benzene rings is 2. The summed E-state index contributed by atoms with van der Waals surface area (Å²) in [5.41, 5.74) is 0.938. The Morgan fingerprint density at radius 2 is 1.92 bits per heavy atom. The standard InChI is InChI=1S/C19H20ClN3OS2/c1-22(2)11-12-23(19-21-16-5-3-4-6-17(16)26-19)18(24)13-25-15-9-7-14(20)8-10-15/h3-10H,11-13H2,1-2H3/p+1. The number of rotatable bonds is 7. The predicted molar refractivity (Wildman–Crippen MR) is 112 cm³/mol. The fourth-order valence-electron chi connectivity index (χ4n) is 2.39. The fraction of sp³-hybridized carbons (Fsp3) is 0.263. The molecule has 0 saturated carbocycles. The quantitative estimate of drug-likeness (QED) is 0.612. The van der Waals surface area contributed by atoms with E-state index in [1.165, 1.54) is 16.7 Å².